The van der Waals surface area contributed by atoms with Crippen LogP contribution < -0.4 is 24.3 Å². The summed E-state index contributed by atoms with van der Waals surface area (Å²) in [5.41, 5.74) is 0.779. The summed E-state index contributed by atoms with van der Waals surface area (Å²) in [6.07, 6.45) is 0.639. The van der Waals surface area contributed by atoms with E-state index in [0.717, 1.165) is 11.1 Å². The number of fused-ring (bicyclic) bond motifs is 4. The number of benzene rings is 2. The molecular weight excluding hydrogens is 456 g/mol. The van der Waals surface area contributed by atoms with Gasteiger partial charge >= 0.3 is 5.97 Å². The molecule has 2 heterocycles. The van der Waals surface area contributed by atoms with Gasteiger partial charge in [-0.3, -0.25) is 4.79 Å². The Labute approximate surface area is 205 Å². The number of carbonyl (C=O) groups excluding carboxylic acids is 1. The Kier molecular flexibility index (Phi) is 6.74. The highest BCUT2D eigenvalue weighted by molar-refractivity contribution is 7.80. The normalized spacial score (nSPS) is 22.7. The highest BCUT2D eigenvalue weighted by atomic mass is 32.1. The number of hydrogen-bond donors (Lipinski definition) is 1. The van der Waals surface area contributed by atoms with Crippen molar-refractivity contribution in [2.45, 2.75) is 32.0 Å². The Bertz CT molecular complexity index is 1090. The van der Waals surface area contributed by atoms with Crippen LogP contribution in [-0.2, 0) is 16.0 Å². The molecule has 0 unspecified atom stereocenters. The maximum atomic E-state index is 13.2. The second-order valence-corrected chi connectivity index (χ2v) is 8.67. The van der Waals surface area contributed by atoms with Gasteiger partial charge in [-0.25, -0.2) is 0 Å². The fourth-order valence-corrected chi connectivity index (χ4v) is 5.19. The number of methoxy groups -OCH3 is 3. The molecule has 34 heavy (non-hydrogen) atoms. The van der Waals surface area contributed by atoms with E-state index in [1.54, 1.807) is 28.3 Å². The van der Waals surface area contributed by atoms with Crippen LogP contribution in [0.5, 0.6) is 23.0 Å². The van der Waals surface area contributed by atoms with Crippen molar-refractivity contribution in [1.82, 2.24) is 10.2 Å². The van der Waals surface area contributed by atoms with E-state index in [2.05, 4.69) is 5.32 Å². The van der Waals surface area contributed by atoms with Crippen LogP contribution in [-0.4, -0.2) is 56.2 Å². The van der Waals surface area contributed by atoms with Crippen molar-refractivity contribution < 1.29 is 28.5 Å². The lowest BCUT2D eigenvalue weighted by Gasteiger charge is -2.55. The summed E-state index contributed by atoms with van der Waals surface area (Å²) in [7, 11) is 4.81. The summed E-state index contributed by atoms with van der Waals surface area (Å²) in [5, 5.41) is 3.89. The fourth-order valence-electron chi connectivity index (χ4n) is 4.79. The Balaban J connectivity index is 1.70. The van der Waals surface area contributed by atoms with Crippen molar-refractivity contribution in [3.63, 3.8) is 0 Å². The molecule has 182 valence electrons. The predicted molar refractivity (Wildman–Crippen MR) is 131 cm³/mol. The van der Waals surface area contributed by atoms with Crippen molar-refractivity contribution >= 4 is 23.3 Å². The maximum Gasteiger partial charge on any atom is 0.317 e. The van der Waals surface area contributed by atoms with E-state index >= 15 is 0 Å². The minimum Gasteiger partial charge on any atom is -0.493 e. The zero-order chi connectivity index (χ0) is 24.5. The highest BCUT2D eigenvalue weighted by Gasteiger charge is 2.59. The summed E-state index contributed by atoms with van der Waals surface area (Å²) in [4.78, 5) is 15.1. The van der Waals surface area contributed by atoms with Gasteiger partial charge in [0.1, 0.15) is 5.92 Å². The van der Waals surface area contributed by atoms with Crippen LogP contribution in [0.15, 0.2) is 36.4 Å². The Hall–Kier alpha value is -3.20. The summed E-state index contributed by atoms with van der Waals surface area (Å²) >= 11 is 5.76. The molecule has 9 heteroatoms. The smallest absolute Gasteiger partial charge is 0.317 e. The predicted octanol–water partition coefficient (Wildman–Crippen LogP) is 3.47. The molecule has 2 aliphatic heterocycles. The number of nitrogens with zero attached hydrogens (tertiary/aromatic N) is 1. The van der Waals surface area contributed by atoms with Gasteiger partial charge in [0.15, 0.2) is 33.8 Å². The van der Waals surface area contributed by atoms with Crippen LogP contribution in [0.4, 0.5) is 0 Å². The number of rotatable bonds is 8. The van der Waals surface area contributed by atoms with Gasteiger partial charge in [-0.15, -0.1) is 0 Å². The quantitative estimate of drug-likeness (QED) is 0.446. The first-order valence-electron chi connectivity index (χ1n) is 11.2. The second kappa shape index (κ2) is 9.58. The molecule has 2 aliphatic rings. The van der Waals surface area contributed by atoms with Gasteiger partial charge in [0.05, 0.1) is 34.0 Å². The molecule has 0 saturated carbocycles. The highest BCUT2D eigenvalue weighted by Crippen LogP contribution is 2.51. The number of hydrogen-bond acceptors (Lipinski definition) is 7. The van der Waals surface area contributed by atoms with E-state index in [1.807, 2.05) is 48.2 Å². The van der Waals surface area contributed by atoms with E-state index in [9.17, 15) is 4.79 Å². The number of nitrogens with one attached hydrogen (secondary N) is 1. The van der Waals surface area contributed by atoms with Crippen molar-refractivity contribution in [3.8, 4) is 23.0 Å². The number of thiocarbonyl (C=S) groups is 1. The number of carbonyl (C=O) groups is 1. The largest absolute Gasteiger partial charge is 0.493 e. The first kappa shape index (κ1) is 23.9. The van der Waals surface area contributed by atoms with Gasteiger partial charge in [0, 0.05) is 12.1 Å². The van der Waals surface area contributed by atoms with Gasteiger partial charge in [0.25, 0.3) is 0 Å². The summed E-state index contributed by atoms with van der Waals surface area (Å²) < 4.78 is 28.4. The van der Waals surface area contributed by atoms with Crippen LogP contribution in [0.2, 0.25) is 0 Å². The molecule has 0 spiro atoms. The Morgan fingerprint density at radius 1 is 1.12 bits per heavy atom. The second-order valence-electron chi connectivity index (χ2n) is 8.28. The summed E-state index contributed by atoms with van der Waals surface area (Å²) in [5.74, 6) is 1.55. The van der Waals surface area contributed by atoms with Gasteiger partial charge in [0.2, 0.25) is 0 Å². The monoisotopic (exact) mass is 486 g/mol. The Morgan fingerprint density at radius 3 is 2.53 bits per heavy atom. The summed E-state index contributed by atoms with van der Waals surface area (Å²) in [6, 6.07) is 11.0. The summed E-state index contributed by atoms with van der Waals surface area (Å²) in [6.45, 7) is 4.46. The number of esters is 1. The SMILES string of the molecule is CCOC(=O)[C@@H]1[C@@H]2NC(=S)N(CCc3ccc(OC)c(OC)c3)[C@@]1(C)Oc1c(OC)cccc12. The van der Waals surface area contributed by atoms with Crippen molar-refractivity contribution in [2.75, 3.05) is 34.5 Å². The zero-order valence-corrected chi connectivity index (χ0v) is 20.9. The number of para-hydroxylation sites is 1. The van der Waals surface area contributed by atoms with Crippen LogP contribution in [0.3, 0.4) is 0 Å². The standard InChI is InChI=1S/C25H30N2O6S/c1-6-32-23(28)20-21-16-8-7-9-18(30-4)22(16)33-25(20,2)27(24(34)26-21)13-12-15-10-11-17(29-3)19(14-15)31-5/h7-11,14,20-21H,6,12-13H2,1-5H3,(H,26,34)/t20-,21+,25-/m0/s1. The van der Waals surface area contributed by atoms with E-state index in [4.69, 9.17) is 35.9 Å². The topological polar surface area (TPSA) is 78.5 Å². The Morgan fingerprint density at radius 2 is 1.85 bits per heavy atom. The van der Waals surface area contributed by atoms with Crippen LogP contribution in [0.1, 0.15) is 31.0 Å². The lowest BCUT2D eigenvalue weighted by molar-refractivity contribution is -0.175. The van der Waals surface area contributed by atoms with Crippen molar-refractivity contribution in [3.05, 3.63) is 47.5 Å². The lowest BCUT2D eigenvalue weighted by Crippen LogP contribution is -2.71. The molecule has 8 nitrogen and oxygen atoms in total. The zero-order valence-electron chi connectivity index (χ0n) is 20.0. The molecule has 2 bridgehead atoms. The minimum atomic E-state index is -1.07. The molecule has 1 fully saturated rings. The third-order valence-electron chi connectivity index (χ3n) is 6.46. The van der Waals surface area contributed by atoms with Crippen LogP contribution in [0.25, 0.3) is 0 Å². The van der Waals surface area contributed by atoms with Gasteiger partial charge in [-0.05, 0) is 56.2 Å². The maximum absolute atomic E-state index is 13.2. The third-order valence-corrected chi connectivity index (χ3v) is 6.79. The molecule has 3 atom stereocenters. The molecule has 0 aliphatic carbocycles. The first-order valence-corrected chi connectivity index (χ1v) is 11.6. The van der Waals surface area contributed by atoms with E-state index < -0.39 is 17.7 Å². The average molecular weight is 487 g/mol. The van der Waals surface area contributed by atoms with Gasteiger partial charge < -0.3 is 33.9 Å². The average Bonchev–Trinajstić information content (AvgIpc) is 2.83. The lowest BCUT2D eigenvalue weighted by atomic mass is 9.79. The molecule has 0 amide bonds. The molecule has 2 aromatic rings. The molecule has 4 rings (SSSR count). The van der Waals surface area contributed by atoms with Crippen LogP contribution >= 0.6 is 12.2 Å². The van der Waals surface area contributed by atoms with Crippen molar-refractivity contribution in [2.24, 2.45) is 5.92 Å². The molecular formula is C25H30N2O6S. The van der Waals surface area contributed by atoms with Crippen LogP contribution in [0, 0.1) is 5.92 Å². The van der Waals surface area contributed by atoms with E-state index in [0.29, 0.717) is 41.1 Å². The third kappa shape index (κ3) is 3.98. The van der Waals surface area contributed by atoms with E-state index in [-0.39, 0.29) is 12.6 Å². The number of ether oxygens (including phenoxy) is 5. The fraction of sp³-hybridized carbons (Fsp3) is 0.440. The first-order chi connectivity index (χ1) is 16.4. The van der Waals surface area contributed by atoms with Gasteiger partial charge in [-0.2, -0.15) is 0 Å². The van der Waals surface area contributed by atoms with E-state index in [1.165, 1.54) is 0 Å². The molecule has 2 aromatic carbocycles. The molecule has 0 aromatic heterocycles. The molecule has 1 N–H and O–H groups in total. The molecule has 0 radical (unpaired) electrons. The van der Waals surface area contributed by atoms with Crippen molar-refractivity contribution in [1.29, 1.82) is 0 Å². The van der Waals surface area contributed by atoms with Gasteiger partial charge in [-0.1, -0.05) is 18.2 Å². The minimum absolute atomic E-state index is 0.277. The molecule has 1 saturated heterocycles.